The molecule has 100 valence electrons. The summed E-state index contributed by atoms with van der Waals surface area (Å²) >= 11 is 0. The van der Waals surface area contributed by atoms with Crippen molar-refractivity contribution in [3.05, 3.63) is 0 Å². The molecule has 0 radical (unpaired) electrons. The summed E-state index contributed by atoms with van der Waals surface area (Å²) in [6.07, 6.45) is 2.78. The smallest absolute Gasteiger partial charge is 0.328 e. The molecule has 0 heterocycles. The number of hydrogen-bond acceptors (Lipinski definition) is 4. The quantitative estimate of drug-likeness (QED) is 0.446. The van der Waals surface area contributed by atoms with Gasteiger partial charge in [0.05, 0.1) is 6.61 Å². The third-order valence-electron chi connectivity index (χ3n) is 2.75. The van der Waals surface area contributed by atoms with Crippen molar-refractivity contribution in [3.63, 3.8) is 0 Å². The van der Waals surface area contributed by atoms with Crippen molar-refractivity contribution < 1.29 is 19.8 Å². The van der Waals surface area contributed by atoms with Gasteiger partial charge in [0.2, 0.25) is 5.91 Å². The Morgan fingerprint density at radius 1 is 1.35 bits per heavy atom. The van der Waals surface area contributed by atoms with Crippen LogP contribution in [0, 0.1) is 5.92 Å². The molecule has 0 aliphatic rings. The Morgan fingerprint density at radius 2 is 2.00 bits per heavy atom. The zero-order chi connectivity index (χ0) is 13.3. The van der Waals surface area contributed by atoms with Gasteiger partial charge in [-0.2, -0.15) is 0 Å². The van der Waals surface area contributed by atoms with E-state index < -0.39 is 18.6 Å². The van der Waals surface area contributed by atoms with Gasteiger partial charge in [-0.3, -0.25) is 4.79 Å². The third-order valence-corrected chi connectivity index (χ3v) is 2.75. The first-order valence-corrected chi connectivity index (χ1v) is 5.88. The van der Waals surface area contributed by atoms with E-state index in [1.807, 2.05) is 6.92 Å². The molecule has 0 saturated heterocycles. The van der Waals surface area contributed by atoms with E-state index in [9.17, 15) is 9.59 Å². The van der Waals surface area contributed by atoms with E-state index >= 15 is 0 Å². The number of carbonyl (C=O) groups excluding carboxylic acids is 1. The number of carboxylic acid groups (broad SMARTS) is 1. The number of carboxylic acids is 1. The average molecular weight is 246 g/mol. The molecule has 5 N–H and O–H groups in total. The van der Waals surface area contributed by atoms with Crippen LogP contribution < -0.4 is 11.1 Å². The molecular weight excluding hydrogens is 224 g/mol. The van der Waals surface area contributed by atoms with Gasteiger partial charge in [0.15, 0.2) is 0 Å². The Labute approximate surface area is 101 Å². The summed E-state index contributed by atoms with van der Waals surface area (Å²) in [4.78, 5) is 22.0. The van der Waals surface area contributed by atoms with E-state index in [2.05, 4.69) is 5.32 Å². The van der Waals surface area contributed by atoms with Crippen LogP contribution in [0.15, 0.2) is 0 Å². The molecule has 6 nitrogen and oxygen atoms in total. The predicted molar refractivity (Wildman–Crippen MR) is 63.3 cm³/mol. The van der Waals surface area contributed by atoms with Crippen LogP contribution in [0.5, 0.6) is 0 Å². The maximum Gasteiger partial charge on any atom is 0.328 e. The molecule has 0 aromatic heterocycles. The number of aliphatic carboxylic acids is 1. The lowest BCUT2D eigenvalue weighted by Crippen LogP contribution is -2.43. The number of rotatable bonds is 9. The molecule has 0 aliphatic carbocycles. The Bertz CT molecular complexity index is 246. The number of nitrogens with two attached hydrogens (primary N) is 1. The average Bonchev–Trinajstić information content (AvgIpc) is 2.30. The van der Waals surface area contributed by atoms with Gasteiger partial charge in [-0.1, -0.05) is 13.3 Å². The van der Waals surface area contributed by atoms with E-state index in [1.54, 1.807) is 0 Å². The van der Waals surface area contributed by atoms with Gasteiger partial charge in [-0.15, -0.1) is 0 Å². The molecule has 2 atom stereocenters. The van der Waals surface area contributed by atoms with Crippen molar-refractivity contribution in [1.82, 2.24) is 5.32 Å². The molecule has 0 aromatic carbocycles. The monoisotopic (exact) mass is 246 g/mol. The van der Waals surface area contributed by atoms with Crippen LogP contribution in [0.1, 0.15) is 32.6 Å². The van der Waals surface area contributed by atoms with E-state index in [0.29, 0.717) is 18.9 Å². The summed E-state index contributed by atoms with van der Waals surface area (Å²) in [5, 5.41) is 19.6. The highest BCUT2D eigenvalue weighted by molar-refractivity contribution is 5.83. The van der Waals surface area contributed by atoms with Crippen molar-refractivity contribution in [1.29, 1.82) is 0 Å². The van der Waals surface area contributed by atoms with E-state index in [4.69, 9.17) is 15.9 Å². The van der Waals surface area contributed by atoms with Crippen LogP contribution in [-0.4, -0.2) is 41.3 Å². The van der Waals surface area contributed by atoms with Crippen LogP contribution in [0.25, 0.3) is 0 Å². The lowest BCUT2D eigenvalue weighted by atomic mass is 9.96. The minimum absolute atomic E-state index is 0.266. The van der Waals surface area contributed by atoms with Crippen molar-refractivity contribution in [2.45, 2.75) is 38.6 Å². The maximum atomic E-state index is 11.4. The van der Waals surface area contributed by atoms with E-state index in [-0.39, 0.29) is 12.3 Å². The van der Waals surface area contributed by atoms with Crippen LogP contribution in [0.3, 0.4) is 0 Å². The van der Waals surface area contributed by atoms with Gasteiger partial charge < -0.3 is 21.3 Å². The lowest BCUT2D eigenvalue weighted by Gasteiger charge is -2.15. The Morgan fingerprint density at radius 3 is 2.41 bits per heavy atom. The maximum absolute atomic E-state index is 11.4. The Balaban J connectivity index is 3.96. The highest BCUT2D eigenvalue weighted by atomic mass is 16.4. The Kier molecular flexibility index (Phi) is 8.35. The highest BCUT2D eigenvalue weighted by Gasteiger charge is 2.18. The van der Waals surface area contributed by atoms with Gasteiger partial charge in [0.25, 0.3) is 0 Å². The molecule has 0 aromatic rings. The molecule has 0 fully saturated rings. The summed E-state index contributed by atoms with van der Waals surface area (Å²) in [6, 6.07) is -1.21. The zero-order valence-electron chi connectivity index (χ0n) is 10.2. The summed E-state index contributed by atoms with van der Waals surface area (Å²) in [6.45, 7) is 2.03. The van der Waals surface area contributed by atoms with E-state index in [0.717, 1.165) is 12.8 Å². The summed E-state index contributed by atoms with van der Waals surface area (Å²) < 4.78 is 0. The number of carbonyl (C=O) groups is 2. The second kappa shape index (κ2) is 8.95. The van der Waals surface area contributed by atoms with Gasteiger partial charge in [0, 0.05) is 6.42 Å². The van der Waals surface area contributed by atoms with E-state index in [1.165, 1.54) is 0 Å². The van der Waals surface area contributed by atoms with Crippen LogP contribution >= 0.6 is 0 Å². The third kappa shape index (κ3) is 6.91. The number of aliphatic hydroxyl groups excluding tert-OH is 1. The molecule has 0 bridgehead atoms. The largest absolute Gasteiger partial charge is 0.480 e. The lowest BCUT2D eigenvalue weighted by molar-refractivity contribution is -0.143. The first-order chi connectivity index (χ1) is 8.04. The second-order valence-electron chi connectivity index (χ2n) is 4.03. The predicted octanol–water partition coefficient (Wildman–Crippen LogP) is -0.297. The SMILES string of the molecule is CCC(CCN)CCC(=O)NC(CO)C(=O)O. The van der Waals surface area contributed by atoms with Crippen LogP contribution in [-0.2, 0) is 9.59 Å². The molecule has 6 heteroatoms. The van der Waals surface area contributed by atoms with Gasteiger partial charge >= 0.3 is 5.97 Å². The van der Waals surface area contributed by atoms with Crippen molar-refractivity contribution >= 4 is 11.9 Å². The first-order valence-electron chi connectivity index (χ1n) is 5.88. The van der Waals surface area contributed by atoms with Gasteiger partial charge in [-0.25, -0.2) is 4.79 Å². The molecule has 1 amide bonds. The summed E-state index contributed by atoms with van der Waals surface area (Å²) in [5.41, 5.74) is 5.44. The molecule has 0 aliphatic heterocycles. The second-order valence-corrected chi connectivity index (χ2v) is 4.03. The minimum Gasteiger partial charge on any atom is -0.480 e. The van der Waals surface area contributed by atoms with Crippen molar-refractivity contribution in [2.75, 3.05) is 13.2 Å². The summed E-state index contributed by atoms with van der Waals surface area (Å²) in [5.74, 6) is -1.18. The fourth-order valence-electron chi connectivity index (χ4n) is 1.58. The highest BCUT2D eigenvalue weighted by Crippen LogP contribution is 2.14. The molecular formula is C11H22N2O4. The molecule has 2 unspecified atom stereocenters. The van der Waals surface area contributed by atoms with Gasteiger partial charge in [-0.05, 0) is 25.3 Å². The fourth-order valence-corrected chi connectivity index (χ4v) is 1.58. The zero-order valence-corrected chi connectivity index (χ0v) is 10.2. The molecule has 17 heavy (non-hydrogen) atoms. The van der Waals surface area contributed by atoms with Crippen LogP contribution in [0.4, 0.5) is 0 Å². The minimum atomic E-state index is -1.23. The van der Waals surface area contributed by atoms with Crippen molar-refractivity contribution in [2.24, 2.45) is 11.7 Å². The fraction of sp³-hybridized carbons (Fsp3) is 0.818. The normalized spacial score (nSPS) is 14.1. The van der Waals surface area contributed by atoms with Crippen molar-refractivity contribution in [3.8, 4) is 0 Å². The number of amides is 1. The molecule has 0 spiro atoms. The standard InChI is InChI=1S/C11H22N2O4/c1-2-8(5-6-12)3-4-10(15)13-9(7-14)11(16)17/h8-9,14H,2-7,12H2,1H3,(H,13,15)(H,16,17). The number of nitrogens with one attached hydrogen (secondary N) is 1. The Hall–Kier alpha value is -1.14. The number of aliphatic hydroxyl groups is 1. The first kappa shape index (κ1) is 15.9. The van der Waals surface area contributed by atoms with Crippen LogP contribution in [0.2, 0.25) is 0 Å². The molecule has 0 rings (SSSR count). The summed E-state index contributed by atoms with van der Waals surface area (Å²) in [7, 11) is 0. The molecule has 0 saturated carbocycles. The topological polar surface area (TPSA) is 113 Å². The number of hydrogen-bond donors (Lipinski definition) is 4. The van der Waals surface area contributed by atoms with Gasteiger partial charge in [0.1, 0.15) is 6.04 Å².